The van der Waals surface area contributed by atoms with E-state index < -0.39 is 6.29 Å². The van der Waals surface area contributed by atoms with Crippen LogP contribution in [0.4, 0.5) is 0 Å². The lowest BCUT2D eigenvalue weighted by Gasteiger charge is -2.25. The highest BCUT2D eigenvalue weighted by Gasteiger charge is 2.21. The van der Waals surface area contributed by atoms with Gasteiger partial charge >= 0.3 is 0 Å². The van der Waals surface area contributed by atoms with E-state index in [-0.39, 0.29) is 23.4 Å². The first kappa shape index (κ1) is 17.4. The molecule has 0 saturated heterocycles. The predicted molar refractivity (Wildman–Crippen MR) is 72.1 cm³/mol. The van der Waals surface area contributed by atoms with Gasteiger partial charge in [0.15, 0.2) is 6.29 Å². The van der Waals surface area contributed by atoms with E-state index in [1.165, 1.54) is 0 Å². The molecule has 0 aromatic rings. The van der Waals surface area contributed by atoms with Crippen LogP contribution in [-0.2, 0) is 14.3 Å². The summed E-state index contributed by atoms with van der Waals surface area (Å²) in [7, 11) is 3.09. The highest BCUT2D eigenvalue weighted by atomic mass is 16.7. The second-order valence-corrected chi connectivity index (χ2v) is 5.92. The summed E-state index contributed by atoms with van der Waals surface area (Å²) in [6.07, 6.45) is 0.696. The predicted octanol–water partition coefficient (Wildman–Crippen LogP) is 1.26. The Kier molecular flexibility index (Phi) is 7.43. The lowest BCUT2D eigenvalue weighted by molar-refractivity contribution is -0.136. The zero-order chi connectivity index (χ0) is 14.3. The molecule has 2 atom stereocenters. The van der Waals surface area contributed by atoms with Gasteiger partial charge in [-0.1, -0.05) is 20.8 Å². The number of hydrogen-bond donors (Lipinski definition) is 2. The molecule has 0 aliphatic carbocycles. The van der Waals surface area contributed by atoms with Gasteiger partial charge in [-0.3, -0.25) is 4.79 Å². The van der Waals surface area contributed by atoms with Crippen LogP contribution in [0.15, 0.2) is 0 Å². The van der Waals surface area contributed by atoms with Crippen LogP contribution in [0.5, 0.6) is 0 Å². The Balaban J connectivity index is 4.11. The molecular formula is C13H28N2O3. The number of hydrogen-bond acceptors (Lipinski definition) is 4. The van der Waals surface area contributed by atoms with Crippen LogP contribution < -0.4 is 11.1 Å². The fourth-order valence-electron chi connectivity index (χ4n) is 1.98. The number of amides is 1. The summed E-state index contributed by atoms with van der Waals surface area (Å²) in [5.74, 6) is -0.0710. The Morgan fingerprint density at radius 3 is 2.17 bits per heavy atom. The van der Waals surface area contributed by atoms with Gasteiger partial charge in [0, 0.05) is 26.7 Å². The molecule has 1 amide bonds. The molecule has 0 heterocycles. The minimum atomic E-state index is -0.437. The summed E-state index contributed by atoms with van der Waals surface area (Å²) in [5.41, 5.74) is 6.09. The highest BCUT2D eigenvalue weighted by molar-refractivity contribution is 5.76. The van der Waals surface area contributed by atoms with Crippen molar-refractivity contribution in [2.24, 2.45) is 11.1 Å². The molecule has 0 aromatic carbocycles. The standard InChI is InChI=1S/C13H28N2O3/c1-9(12(17-5)18-6)15-11(16)7-10(14)8-13(2,3)4/h9-10,12H,7-8,14H2,1-6H3,(H,15,16). The highest BCUT2D eigenvalue weighted by Crippen LogP contribution is 2.20. The summed E-state index contributed by atoms with van der Waals surface area (Å²) in [4.78, 5) is 11.8. The smallest absolute Gasteiger partial charge is 0.221 e. The third-order valence-electron chi connectivity index (χ3n) is 2.58. The second kappa shape index (κ2) is 7.71. The molecule has 3 N–H and O–H groups in total. The van der Waals surface area contributed by atoms with E-state index in [1.807, 2.05) is 6.92 Å². The molecule has 0 saturated carbocycles. The monoisotopic (exact) mass is 260 g/mol. The van der Waals surface area contributed by atoms with Crippen molar-refractivity contribution < 1.29 is 14.3 Å². The van der Waals surface area contributed by atoms with Crippen molar-refractivity contribution in [3.05, 3.63) is 0 Å². The van der Waals surface area contributed by atoms with Crippen LogP contribution in [0.2, 0.25) is 0 Å². The van der Waals surface area contributed by atoms with E-state index in [4.69, 9.17) is 15.2 Å². The molecule has 2 unspecified atom stereocenters. The Hall–Kier alpha value is -0.650. The number of carbonyl (C=O) groups excluding carboxylic acids is 1. The first-order valence-electron chi connectivity index (χ1n) is 6.30. The van der Waals surface area contributed by atoms with Crippen molar-refractivity contribution >= 4 is 5.91 Å². The van der Waals surface area contributed by atoms with E-state index in [0.717, 1.165) is 6.42 Å². The minimum absolute atomic E-state index is 0.0710. The summed E-state index contributed by atoms with van der Waals surface area (Å²) in [6, 6.07) is -0.324. The fourth-order valence-corrected chi connectivity index (χ4v) is 1.98. The minimum Gasteiger partial charge on any atom is -0.354 e. The summed E-state index contributed by atoms with van der Waals surface area (Å²) >= 11 is 0. The lowest BCUT2D eigenvalue weighted by atomic mass is 9.87. The Morgan fingerprint density at radius 1 is 1.28 bits per heavy atom. The van der Waals surface area contributed by atoms with Crippen molar-refractivity contribution in [2.75, 3.05) is 14.2 Å². The lowest BCUT2D eigenvalue weighted by Crippen LogP contribution is -2.44. The van der Waals surface area contributed by atoms with Gasteiger partial charge in [0.2, 0.25) is 5.91 Å². The molecule has 0 radical (unpaired) electrons. The zero-order valence-electron chi connectivity index (χ0n) is 12.4. The molecule has 0 spiro atoms. The number of rotatable bonds is 7. The Morgan fingerprint density at radius 2 is 1.78 bits per heavy atom. The number of nitrogens with two attached hydrogens (primary N) is 1. The molecule has 0 fully saturated rings. The van der Waals surface area contributed by atoms with Crippen molar-refractivity contribution in [1.29, 1.82) is 0 Å². The number of nitrogens with one attached hydrogen (secondary N) is 1. The number of methoxy groups -OCH3 is 2. The largest absolute Gasteiger partial charge is 0.354 e. The van der Waals surface area contributed by atoms with Crippen LogP contribution >= 0.6 is 0 Å². The van der Waals surface area contributed by atoms with Gasteiger partial charge in [0.1, 0.15) is 0 Å². The van der Waals surface area contributed by atoms with E-state index in [0.29, 0.717) is 6.42 Å². The van der Waals surface area contributed by atoms with Gasteiger partial charge < -0.3 is 20.5 Å². The maximum Gasteiger partial charge on any atom is 0.221 e. The molecule has 0 aromatic heterocycles. The Labute approximate surface area is 110 Å². The van der Waals surface area contributed by atoms with Gasteiger partial charge in [0.25, 0.3) is 0 Å². The first-order valence-corrected chi connectivity index (χ1v) is 6.30. The normalized spacial score (nSPS) is 15.6. The molecule has 0 rings (SSSR count). The maximum atomic E-state index is 11.8. The fraction of sp³-hybridized carbons (Fsp3) is 0.923. The van der Waals surface area contributed by atoms with Gasteiger partial charge in [0.05, 0.1) is 6.04 Å². The molecule has 0 bridgehead atoms. The van der Waals surface area contributed by atoms with Gasteiger partial charge in [-0.25, -0.2) is 0 Å². The third-order valence-corrected chi connectivity index (χ3v) is 2.58. The molecule has 0 aliphatic rings. The average Bonchev–Trinajstić information content (AvgIpc) is 2.15. The van der Waals surface area contributed by atoms with Crippen LogP contribution in [0.3, 0.4) is 0 Å². The first-order chi connectivity index (χ1) is 8.19. The summed E-state index contributed by atoms with van der Waals surface area (Å²) < 4.78 is 10.2. The van der Waals surface area contributed by atoms with E-state index in [9.17, 15) is 4.79 Å². The zero-order valence-corrected chi connectivity index (χ0v) is 12.4. The number of ether oxygens (including phenoxy) is 2. The molecule has 5 heteroatoms. The molecule has 5 nitrogen and oxygen atoms in total. The quantitative estimate of drug-likeness (QED) is 0.676. The second-order valence-electron chi connectivity index (χ2n) is 5.92. The van der Waals surface area contributed by atoms with Crippen molar-refractivity contribution in [3.63, 3.8) is 0 Å². The van der Waals surface area contributed by atoms with Crippen molar-refractivity contribution in [2.45, 2.75) is 58.9 Å². The van der Waals surface area contributed by atoms with Crippen molar-refractivity contribution in [1.82, 2.24) is 5.32 Å². The van der Waals surface area contributed by atoms with Crippen LogP contribution in [0.25, 0.3) is 0 Å². The van der Waals surface area contributed by atoms with Crippen LogP contribution in [0.1, 0.15) is 40.5 Å². The topological polar surface area (TPSA) is 73.6 Å². The van der Waals surface area contributed by atoms with Gasteiger partial charge in [-0.2, -0.15) is 0 Å². The summed E-state index contributed by atoms with van der Waals surface area (Å²) in [5, 5.41) is 2.83. The van der Waals surface area contributed by atoms with E-state index in [2.05, 4.69) is 26.1 Å². The molecular weight excluding hydrogens is 232 g/mol. The molecule has 18 heavy (non-hydrogen) atoms. The van der Waals surface area contributed by atoms with Gasteiger partial charge in [-0.15, -0.1) is 0 Å². The third kappa shape index (κ3) is 7.63. The van der Waals surface area contributed by atoms with E-state index >= 15 is 0 Å². The maximum absolute atomic E-state index is 11.8. The molecule has 108 valence electrons. The average molecular weight is 260 g/mol. The SMILES string of the molecule is COC(OC)C(C)NC(=O)CC(N)CC(C)(C)C. The summed E-state index contributed by atoms with van der Waals surface area (Å²) in [6.45, 7) is 8.17. The number of carbonyl (C=O) groups is 1. The van der Waals surface area contributed by atoms with E-state index in [1.54, 1.807) is 14.2 Å². The molecule has 0 aliphatic heterocycles. The van der Waals surface area contributed by atoms with Crippen molar-refractivity contribution in [3.8, 4) is 0 Å². The van der Waals surface area contributed by atoms with Crippen LogP contribution in [-0.4, -0.2) is 38.5 Å². The van der Waals surface area contributed by atoms with Gasteiger partial charge in [-0.05, 0) is 18.8 Å². The van der Waals surface area contributed by atoms with Crippen LogP contribution in [0, 0.1) is 5.41 Å². The Bertz CT molecular complexity index is 247.